The highest BCUT2D eigenvalue weighted by Gasteiger charge is 2.35. The van der Waals surface area contributed by atoms with Crippen LogP contribution in [0.3, 0.4) is 0 Å². The second-order valence-corrected chi connectivity index (χ2v) is 17.0. The molecule has 376 valence electrons. The molecule has 71 heavy (non-hydrogen) atoms. The van der Waals surface area contributed by atoms with Gasteiger partial charge in [0.05, 0.1) is 42.8 Å². The maximum absolute atomic E-state index is 13.8. The quantitative estimate of drug-likeness (QED) is 0.0129. The molecular weight excluding hydrogens is 911 g/mol. The standard InChI is InChI=1S/C54H63N5O12/c1-6-9-13-26-41(44(7-2)59(36-60)71-53(66)58-54(4,5)40-24-18-12-19-25-40)49(62)55-35-56-51(64)46-30-29-45(70-46)39-27-28-42(47(31-39)67-8-3)50(63)57-43(52(65)69-34-38-22-16-11-17-23-38)32-48(61)68-33-37-20-14-10-15-21-37/h10-12,14-25,27-31,36,41,43-44H,6-9,13,26,32-35H2,1-5H3,(H,55,62)(H,56,64)(H,57,63)(H,58,66)/t41-,43+,44-/m1/s1. The van der Waals surface area contributed by atoms with Crippen molar-refractivity contribution in [2.45, 2.75) is 104 Å². The molecule has 0 aliphatic heterocycles. The second-order valence-electron chi connectivity index (χ2n) is 17.0. The van der Waals surface area contributed by atoms with Crippen LogP contribution in [-0.4, -0.2) is 72.6 Å². The van der Waals surface area contributed by atoms with E-state index in [0.717, 1.165) is 29.0 Å². The first-order valence-electron chi connectivity index (χ1n) is 23.7. The van der Waals surface area contributed by atoms with E-state index >= 15 is 0 Å². The number of nitrogens with zero attached hydrogens (tertiary/aromatic N) is 1. The molecular formula is C54H63N5O12. The highest BCUT2D eigenvalue weighted by atomic mass is 16.7. The number of amides is 5. The first kappa shape index (κ1) is 54.0. The number of carbonyl (C=O) groups excluding carboxylic acids is 7. The molecule has 5 amide bonds. The summed E-state index contributed by atoms with van der Waals surface area (Å²) in [7, 11) is 0. The Hall–Kier alpha value is -7.95. The number of unbranched alkanes of at least 4 members (excludes halogenated alkanes) is 2. The van der Waals surface area contributed by atoms with Crippen molar-refractivity contribution in [3.63, 3.8) is 0 Å². The molecule has 0 fully saturated rings. The second kappa shape index (κ2) is 27.3. The predicted octanol–water partition coefficient (Wildman–Crippen LogP) is 8.13. The van der Waals surface area contributed by atoms with Gasteiger partial charge in [0.1, 0.15) is 30.8 Å². The molecule has 5 aromatic rings. The molecule has 17 heteroatoms. The summed E-state index contributed by atoms with van der Waals surface area (Å²) in [6.07, 6.45) is 2.06. The molecule has 4 N–H and O–H groups in total. The van der Waals surface area contributed by atoms with Gasteiger partial charge in [-0.3, -0.25) is 24.0 Å². The van der Waals surface area contributed by atoms with Crippen LogP contribution in [0, 0.1) is 5.92 Å². The van der Waals surface area contributed by atoms with Gasteiger partial charge in [0.2, 0.25) is 12.3 Å². The minimum Gasteiger partial charge on any atom is -0.493 e. The Kier molecular flexibility index (Phi) is 20.8. The molecule has 4 aromatic carbocycles. The number of ether oxygens (including phenoxy) is 3. The van der Waals surface area contributed by atoms with Crippen LogP contribution in [0.2, 0.25) is 0 Å². The van der Waals surface area contributed by atoms with Crippen LogP contribution in [0.25, 0.3) is 11.3 Å². The summed E-state index contributed by atoms with van der Waals surface area (Å²) in [5.74, 6) is -3.89. The molecule has 0 aliphatic rings. The molecule has 0 aliphatic carbocycles. The van der Waals surface area contributed by atoms with E-state index in [0.29, 0.717) is 30.4 Å². The number of benzene rings is 4. The molecule has 0 bridgehead atoms. The van der Waals surface area contributed by atoms with Crippen LogP contribution >= 0.6 is 0 Å². The highest BCUT2D eigenvalue weighted by Crippen LogP contribution is 2.30. The lowest BCUT2D eigenvalue weighted by molar-refractivity contribution is -0.169. The Bertz CT molecular complexity index is 2530. The Balaban J connectivity index is 1.22. The number of carbonyl (C=O) groups is 7. The SMILES string of the molecule is CCCCC[C@@H](C(=O)NCNC(=O)c1ccc(-c2ccc(C(=O)N[C@@H](CC(=O)OCc3ccccc3)C(=O)OCc3ccccc3)c(OCC)c2)o1)[C@@H](CC)N(C=O)OC(=O)NC(C)(C)c1ccccc1. The summed E-state index contributed by atoms with van der Waals surface area (Å²) in [6.45, 7) is 8.89. The smallest absolute Gasteiger partial charge is 0.432 e. The fourth-order valence-corrected chi connectivity index (χ4v) is 7.63. The largest absolute Gasteiger partial charge is 0.493 e. The summed E-state index contributed by atoms with van der Waals surface area (Å²) < 4.78 is 22.7. The van der Waals surface area contributed by atoms with Crippen LogP contribution in [0.1, 0.15) is 111 Å². The van der Waals surface area contributed by atoms with Gasteiger partial charge in [0, 0.05) is 5.56 Å². The van der Waals surface area contributed by atoms with Crippen molar-refractivity contribution in [3.8, 4) is 17.1 Å². The van der Waals surface area contributed by atoms with E-state index in [1.54, 1.807) is 94.4 Å². The molecule has 1 heterocycles. The van der Waals surface area contributed by atoms with Crippen LogP contribution in [0.15, 0.2) is 126 Å². The lowest BCUT2D eigenvalue weighted by atomic mass is 9.90. The number of hydroxylamine groups is 2. The number of furan rings is 1. The molecule has 5 rings (SSSR count). The number of nitrogens with one attached hydrogen (secondary N) is 4. The number of rotatable bonds is 27. The molecule has 17 nitrogen and oxygen atoms in total. The summed E-state index contributed by atoms with van der Waals surface area (Å²) in [5.41, 5.74) is 1.94. The summed E-state index contributed by atoms with van der Waals surface area (Å²) >= 11 is 0. The molecule has 0 unspecified atom stereocenters. The predicted molar refractivity (Wildman–Crippen MR) is 263 cm³/mol. The van der Waals surface area contributed by atoms with Crippen LogP contribution in [0.4, 0.5) is 4.79 Å². The lowest BCUT2D eigenvalue weighted by Crippen LogP contribution is -2.51. The first-order valence-corrected chi connectivity index (χ1v) is 23.7. The summed E-state index contributed by atoms with van der Waals surface area (Å²) in [5, 5.41) is 11.6. The number of hydrogen-bond donors (Lipinski definition) is 4. The van der Waals surface area contributed by atoms with Crippen LogP contribution in [-0.2, 0) is 52.2 Å². The molecule has 3 atom stereocenters. The van der Waals surface area contributed by atoms with E-state index in [1.807, 2.05) is 49.4 Å². The zero-order valence-corrected chi connectivity index (χ0v) is 40.8. The Morgan fingerprint density at radius 2 is 1.39 bits per heavy atom. The van der Waals surface area contributed by atoms with Crippen molar-refractivity contribution in [2.75, 3.05) is 13.3 Å². The minimum atomic E-state index is -1.41. The molecule has 0 spiro atoms. The average molecular weight is 974 g/mol. The van der Waals surface area contributed by atoms with Crippen molar-refractivity contribution in [3.05, 3.63) is 149 Å². The normalized spacial score (nSPS) is 12.2. The first-order chi connectivity index (χ1) is 34.3. The van der Waals surface area contributed by atoms with Gasteiger partial charge >= 0.3 is 18.0 Å². The Morgan fingerprint density at radius 1 is 0.746 bits per heavy atom. The van der Waals surface area contributed by atoms with Crippen molar-refractivity contribution >= 4 is 42.2 Å². The van der Waals surface area contributed by atoms with Crippen molar-refractivity contribution < 1.29 is 57.0 Å². The number of esters is 2. The van der Waals surface area contributed by atoms with E-state index in [-0.39, 0.29) is 55.7 Å². The molecule has 0 radical (unpaired) electrons. The molecule has 1 aromatic heterocycles. The van der Waals surface area contributed by atoms with Crippen molar-refractivity contribution in [1.29, 1.82) is 0 Å². The summed E-state index contributed by atoms with van der Waals surface area (Å²) in [4.78, 5) is 98.2. The van der Waals surface area contributed by atoms with Gasteiger partial charge in [-0.15, -0.1) is 0 Å². The molecule has 0 saturated carbocycles. The Morgan fingerprint density at radius 3 is 2.01 bits per heavy atom. The van der Waals surface area contributed by atoms with E-state index < -0.39 is 65.7 Å². The van der Waals surface area contributed by atoms with E-state index in [9.17, 15) is 33.6 Å². The van der Waals surface area contributed by atoms with Gasteiger partial charge in [-0.05, 0) is 74.6 Å². The van der Waals surface area contributed by atoms with Gasteiger partial charge < -0.3 is 44.7 Å². The maximum atomic E-state index is 13.8. The third-order valence-electron chi connectivity index (χ3n) is 11.4. The zero-order valence-electron chi connectivity index (χ0n) is 40.8. The van der Waals surface area contributed by atoms with Crippen LogP contribution in [0.5, 0.6) is 5.75 Å². The average Bonchev–Trinajstić information content (AvgIpc) is 3.88. The van der Waals surface area contributed by atoms with Gasteiger partial charge in [-0.2, -0.15) is 5.06 Å². The lowest BCUT2D eigenvalue weighted by Gasteiger charge is -2.33. The maximum Gasteiger partial charge on any atom is 0.432 e. The van der Waals surface area contributed by atoms with Gasteiger partial charge in [0.15, 0.2) is 5.76 Å². The van der Waals surface area contributed by atoms with Crippen LogP contribution < -0.4 is 26.0 Å². The fraction of sp³-hybridized carbons (Fsp3) is 0.352. The monoisotopic (exact) mass is 973 g/mol. The minimum absolute atomic E-state index is 0.0291. The zero-order chi connectivity index (χ0) is 51.2. The van der Waals surface area contributed by atoms with Gasteiger partial charge in [-0.25, -0.2) is 9.59 Å². The van der Waals surface area contributed by atoms with E-state index in [4.69, 9.17) is 23.5 Å². The van der Waals surface area contributed by atoms with Gasteiger partial charge in [0.25, 0.3) is 11.8 Å². The van der Waals surface area contributed by atoms with E-state index in [2.05, 4.69) is 21.3 Å². The number of hydrogen-bond acceptors (Lipinski definition) is 12. The third kappa shape index (κ3) is 16.3. The van der Waals surface area contributed by atoms with Crippen molar-refractivity contribution in [2.24, 2.45) is 5.92 Å². The van der Waals surface area contributed by atoms with Crippen molar-refractivity contribution in [1.82, 2.24) is 26.3 Å². The molecule has 0 saturated heterocycles. The van der Waals surface area contributed by atoms with Gasteiger partial charge in [-0.1, -0.05) is 130 Å². The Labute approximate surface area is 413 Å². The fourth-order valence-electron chi connectivity index (χ4n) is 7.63. The van der Waals surface area contributed by atoms with E-state index in [1.165, 1.54) is 12.1 Å². The highest BCUT2D eigenvalue weighted by molar-refractivity contribution is 6.00. The topological polar surface area (TPSA) is 221 Å². The third-order valence-corrected chi connectivity index (χ3v) is 11.4. The summed E-state index contributed by atoms with van der Waals surface area (Å²) in [6, 6.07) is 32.6.